The van der Waals surface area contributed by atoms with Gasteiger partial charge in [0.25, 0.3) is 0 Å². The molecule has 0 radical (unpaired) electrons. The third-order valence-electron chi connectivity index (χ3n) is 11.6. The van der Waals surface area contributed by atoms with Crippen LogP contribution in [-0.2, 0) is 6.54 Å². The van der Waals surface area contributed by atoms with Gasteiger partial charge in [-0.3, -0.25) is 4.68 Å². The zero-order valence-corrected chi connectivity index (χ0v) is 21.2. The van der Waals surface area contributed by atoms with Crippen molar-refractivity contribution in [1.29, 1.82) is 0 Å². The van der Waals surface area contributed by atoms with Crippen molar-refractivity contribution in [3.8, 4) is 12.3 Å². The van der Waals surface area contributed by atoms with Crippen molar-refractivity contribution < 1.29 is 0 Å². The van der Waals surface area contributed by atoms with Gasteiger partial charge in [0.2, 0.25) is 0 Å². The SMILES string of the molecule is C#Cc1ccn(CC(CC)C2CCC3C4CCC5C[C@@](C)(CC)CCC5C4CCC23C)n1. The Kier molecular flexibility index (Phi) is 6.01. The first kappa shape index (κ1) is 22.6. The second-order valence-corrected chi connectivity index (χ2v) is 12.8. The predicted octanol–water partition coefficient (Wildman–Crippen LogP) is 7.58. The summed E-state index contributed by atoms with van der Waals surface area (Å²) in [6.07, 6.45) is 23.8. The maximum Gasteiger partial charge on any atom is 0.134 e. The van der Waals surface area contributed by atoms with Gasteiger partial charge >= 0.3 is 0 Å². The number of fused-ring (bicyclic) bond motifs is 5. The molecule has 4 aliphatic rings. The quantitative estimate of drug-likeness (QED) is 0.437. The van der Waals surface area contributed by atoms with Crippen molar-refractivity contribution in [2.24, 2.45) is 52.3 Å². The van der Waals surface area contributed by atoms with Gasteiger partial charge in [-0.2, -0.15) is 5.10 Å². The van der Waals surface area contributed by atoms with Crippen molar-refractivity contribution in [2.75, 3.05) is 0 Å². The van der Waals surface area contributed by atoms with Crippen molar-refractivity contribution in [3.05, 3.63) is 18.0 Å². The van der Waals surface area contributed by atoms with Gasteiger partial charge in [0, 0.05) is 12.7 Å². The number of hydrogen-bond acceptors (Lipinski definition) is 1. The summed E-state index contributed by atoms with van der Waals surface area (Å²) < 4.78 is 2.13. The lowest BCUT2D eigenvalue weighted by Gasteiger charge is -2.58. The van der Waals surface area contributed by atoms with E-state index >= 15 is 0 Å². The molecule has 4 saturated carbocycles. The normalized spacial score (nSPS) is 44.2. The Hall–Kier alpha value is -1.23. The number of hydrogen-bond donors (Lipinski definition) is 0. The minimum Gasteiger partial charge on any atom is -0.271 e. The van der Waals surface area contributed by atoms with E-state index in [4.69, 9.17) is 6.42 Å². The summed E-state index contributed by atoms with van der Waals surface area (Å²) in [7, 11) is 0. The topological polar surface area (TPSA) is 17.8 Å². The molecule has 9 atom stereocenters. The van der Waals surface area contributed by atoms with Crippen LogP contribution in [0.4, 0.5) is 0 Å². The monoisotopic (exact) mass is 434 g/mol. The summed E-state index contributed by atoms with van der Waals surface area (Å²) in [4.78, 5) is 0. The fourth-order valence-electron chi connectivity index (χ4n) is 9.64. The molecule has 8 unspecified atom stereocenters. The molecule has 4 fully saturated rings. The van der Waals surface area contributed by atoms with Crippen LogP contribution in [0.5, 0.6) is 0 Å². The molecule has 32 heavy (non-hydrogen) atoms. The van der Waals surface area contributed by atoms with Crippen LogP contribution in [0.1, 0.15) is 104 Å². The minimum absolute atomic E-state index is 0.545. The molecule has 5 rings (SSSR count). The third-order valence-corrected chi connectivity index (χ3v) is 11.6. The molecule has 2 heteroatoms. The highest BCUT2D eigenvalue weighted by Crippen LogP contribution is 2.66. The fraction of sp³-hybridized carbons (Fsp3) is 0.833. The second-order valence-electron chi connectivity index (χ2n) is 12.8. The van der Waals surface area contributed by atoms with Crippen molar-refractivity contribution in [3.63, 3.8) is 0 Å². The summed E-state index contributed by atoms with van der Waals surface area (Å²) in [6.45, 7) is 11.1. The first-order chi connectivity index (χ1) is 15.4. The summed E-state index contributed by atoms with van der Waals surface area (Å²) in [5.41, 5.74) is 1.96. The van der Waals surface area contributed by atoms with E-state index in [0.29, 0.717) is 10.8 Å². The van der Waals surface area contributed by atoms with Gasteiger partial charge < -0.3 is 0 Å². The van der Waals surface area contributed by atoms with Crippen LogP contribution in [0.15, 0.2) is 12.3 Å². The van der Waals surface area contributed by atoms with E-state index in [2.05, 4.69) is 49.6 Å². The Morgan fingerprint density at radius 3 is 2.59 bits per heavy atom. The van der Waals surface area contributed by atoms with E-state index in [1.807, 2.05) is 6.07 Å². The van der Waals surface area contributed by atoms with Crippen molar-refractivity contribution in [2.45, 2.75) is 105 Å². The van der Waals surface area contributed by atoms with Crippen LogP contribution in [0.25, 0.3) is 0 Å². The van der Waals surface area contributed by atoms with Gasteiger partial charge in [0.05, 0.1) is 0 Å². The highest BCUT2D eigenvalue weighted by Gasteiger charge is 2.58. The standard InChI is InChI=1S/C30H46N2/c1-6-21(20-32-18-15-23(7-2)31-32)27-11-12-28-26-10-9-22-19-29(4,8-3)16-13-24(22)25(26)14-17-30(27,28)5/h2,15,18,21-22,24-28H,6,8-14,16-17,19-20H2,1,3-5H3/t21?,22?,24?,25?,26?,27?,28?,29-,30?/m0/s1. The Bertz CT molecular complexity index is 847. The average molecular weight is 435 g/mol. The molecule has 0 spiro atoms. The summed E-state index contributed by atoms with van der Waals surface area (Å²) in [5, 5.41) is 4.62. The number of rotatable bonds is 5. The van der Waals surface area contributed by atoms with E-state index in [-0.39, 0.29) is 0 Å². The van der Waals surface area contributed by atoms with Gasteiger partial charge in [-0.05, 0) is 122 Å². The molecule has 4 aliphatic carbocycles. The van der Waals surface area contributed by atoms with E-state index in [1.54, 1.807) is 0 Å². The molecule has 0 aliphatic heterocycles. The van der Waals surface area contributed by atoms with Gasteiger partial charge in [-0.1, -0.05) is 40.5 Å². The second kappa shape index (κ2) is 8.52. The van der Waals surface area contributed by atoms with Crippen LogP contribution in [0.3, 0.4) is 0 Å². The average Bonchev–Trinajstić information content (AvgIpc) is 3.40. The van der Waals surface area contributed by atoms with Crippen LogP contribution < -0.4 is 0 Å². The fourth-order valence-corrected chi connectivity index (χ4v) is 9.64. The lowest BCUT2D eigenvalue weighted by atomic mass is 9.47. The smallest absolute Gasteiger partial charge is 0.134 e. The molecular weight excluding hydrogens is 388 g/mol. The zero-order valence-electron chi connectivity index (χ0n) is 21.2. The van der Waals surface area contributed by atoms with E-state index in [1.165, 1.54) is 70.6 Å². The maximum atomic E-state index is 5.56. The molecule has 0 bridgehead atoms. The van der Waals surface area contributed by atoms with Crippen LogP contribution >= 0.6 is 0 Å². The molecule has 1 heterocycles. The number of nitrogens with zero attached hydrogens (tertiary/aromatic N) is 2. The largest absolute Gasteiger partial charge is 0.271 e. The maximum absolute atomic E-state index is 5.56. The van der Waals surface area contributed by atoms with E-state index in [0.717, 1.165) is 53.7 Å². The minimum atomic E-state index is 0.545. The summed E-state index contributed by atoms with van der Waals surface area (Å²) >= 11 is 0. The number of aromatic nitrogens is 2. The molecule has 1 aromatic heterocycles. The molecular formula is C30H46N2. The van der Waals surface area contributed by atoms with Gasteiger partial charge in [0.1, 0.15) is 5.69 Å². The predicted molar refractivity (Wildman–Crippen MR) is 133 cm³/mol. The number of terminal acetylenes is 1. The van der Waals surface area contributed by atoms with Crippen LogP contribution in [0, 0.1) is 64.6 Å². The molecule has 0 saturated heterocycles. The van der Waals surface area contributed by atoms with Gasteiger partial charge in [-0.25, -0.2) is 0 Å². The van der Waals surface area contributed by atoms with E-state index in [9.17, 15) is 0 Å². The lowest BCUT2D eigenvalue weighted by molar-refractivity contribution is -0.0847. The molecule has 0 amide bonds. The van der Waals surface area contributed by atoms with Crippen LogP contribution in [-0.4, -0.2) is 9.78 Å². The Labute approximate surface area is 197 Å². The summed E-state index contributed by atoms with van der Waals surface area (Å²) in [6, 6.07) is 1.99. The van der Waals surface area contributed by atoms with Gasteiger partial charge in [-0.15, -0.1) is 6.42 Å². The lowest BCUT2D eigenvalue weighted by Crippen LogP contribution is -2.50. The van der Waals surface area contributed by atoms with Crippen molar-refractivity contribution in [1.82, 2.24) is 9.78 Å². The third kappa shape index (κ3) is 3.67. The molecule has 2 nitrogen and oxygen atoms in total. The van der Waals surface area contributed by atoms with Crippen LogP contribution in [0.2, 0.25) is 0 Å². The van der Waals surface area contributed by atoms with E-state index < -0.39 is 0 Å². The molecule has 0 N–H and O–H groups in total. The first-order valence-corrected chi connectivity index (χ1v) is 13.9. The Morgan fingerprint density at radius 1 is 1.06 bits per heavy atom. The highest BCUT2D eigenvalue weighted by molar-refractivity contribution is 5.21. The Balaban J connectivity index is 1.31. The highest BCUT2D eigenvalue weighted by atomic mass is 15.3. The molecule has 0 aromatic carbocycles. The Morgan fingerprint density at radius 2 is 1.88 bits per heavy atom. The molecule has 176 valence electrons. The zero-order chi connectivity index (χ0) is 22.5. The first-order valence-electron chi connectivity index (χ1n) is 13.9. The molecule has 1 aromatic rings. The van der Waals surface area contributed by atoms with Gasteiger partial charge in [0.15, 0.2) is 0 Å². The van der Waals surface area contributed by atoms with Crippen molar-refractivity contribution >= 4 is 0 Å². The summed E-state index contributed by atoms with van der Waals surface area (Å²) in [5.74, 6) is 9.37.